The van der Waals surface area contributed by atoms with Crippen molar-refractivity contribution in [3.05, 3.63) is 58.1 Å². The molecule has 2 atom stereocenters. The number of piperidine rings is 2. The Morgan fingerprint density at radius 3 is 2.30 bits per heavy atom. The Kier molecular flexibility index (Phi) is 13.1. The standard InChI is InChI=1S/C39H49ClF3N7O7/c1-46(2)33(51)23-56-36(53)31-8-5-14-49(31)26-10-15-47(16-11-26)35(52)32(22-24-20-28(39(41,42)43)34(44)29(40)21-24)57-38(55)48-17-12-27(13-18-48)50-19-9-25-6-3-4-7-30(25)45-37(50)54/h3-4,6-7,20-21,26-27,31-32H,5,8-19,22-23,44H2,1-2H3,(H,45,54)/t31-,32-/m1/s1. The number of hydrogen-bond acceptors (Lipinski definition) is 9. The van der Waals surface area contributed by atoms with Gasteiger partial charge in [-0.2, -0.15) is 13.2 Å². The molecule has 4 heterocycles. The van der Waals surface area contributed by atoms with Crippen LogP contribution in [0.25, 0.3) is 0 Å². The van der Waals surface area contributed by atoms with Crippen LogP contribution in [0.1, 0.15) is 55.2 Å². The van der Waals surface area contributed by atoms with E-state index >= 15 is 0 Å². The topological polar surface area (TPSA) is 158 Å². The van der Waals surface area contributed by atoms with Gasteiger partial charge in [0.2, 0.25) is 0 Å². The number of nitrogens with one attached hydrogen (secondary N) is 1. The number of hydrogen-bond donors (Lipinski definition) is 2. The number of likely N-dealkylation sites (N-methyl/N-ethyl adjacent to an activating group) is 1. The number of nitrogen functional groups attached to an aromatic ring is 1. The monoisotopic (exact) mass is 819 g/mol. The number of anilines is 2. The molecule has 0 aromatic heterocycles. The highest BCUT2D eigenvalue weighted by atomic mass is 35.5. The molecular weight excluding hydrogens is 771 g/mol. The van der Waals surface area contributed by atoms with Crippen LogP contribution in [0.4, 0.5) is 34.1 Å². The number of amides is 5. The van der Waals surface area contributed by atoms with Gasteiger partial charge in [-0.1, -0.05) is 29.8 Å². The number of carbonyl (C=O) groups excluding carboxylic acids is 5. The predicted molar refractivity (Wildman–Crippen MR) is 204 cm³/mol. The van der Waals surface area contributed by atoms with E-state index in [1.165, 1.54) is 20.8 Å². The molecule has 3 saturated heterocycles. The van der Waals surface area contributed by atoms with E-state index in [1.807, 2.05) is 24.3 Å². The average Bonchev–Trinajstić information content (AvgIpc) is 3.61. The molecule has 3 fully saturated rings. The first-order valence-corrected chi connectivity index (χ1v) is 19.7. The summed E-state index contributed by atoms with van der Waals surface area (Å²) in [5.41, 5.74) is 5.68. The summed E-state index contributed by atoms with van der Waals surface area (Å²) in [7, 11) is 3.15. The van der Waals surface area contributed by atoms with Crippen LogP contribution in [-0.4, -0.2) is 139 Å². The lowest BCUT2D eigenvalue weighted by Gasteiger charge is -2.40. The minimum atomic E-state index is -4.82. The minimum absolute atomic E-state index is 0.0145. The molecule has 6 rings (SSSR count). The fourth-order valence-electron chi connectivity index (χ4n) is 8.17. The lowest BCUT2D eigenvalue weighted by molar-refractivity contribution is -0.156. The third-order valence-corrected chi connectivity index (χ3v) is 11.7. The van der Waals surface area contributed by atoms with Crippen LogP contribution in [0.3, 0.4) is 0 Å². The van der Waals surface area contributed by atoms with E-state index in [0.29, 0.717) is 51.6 Å². The van der Waals surface area contributed by atoms with Crippen molar-refractivity contribution in [2.24, 2.45) is 0 Å². The number of urea groups is 1. The van der Waals surface area contributed by atoms with Crippen molar-refractivity contribution < 1.29 is 46.6 Å². The number of ether oxygens (including phenoxy) is 2. The van der Waals surface area contributed by atoms with Crippen LogP contribution >= 0.6 is 11.6 Å². The molecule has 18 heteroatoms. The number of alkyl halides is 3. The smallest absolute Gasteiger partial charge is 0.418 e. The van der Waals surface area contributed by atoms with Crippen molar-refractivity contribution in [1.82, 2.24) is 24.5 Å². The van der Waals surface area contributed by atoms with Gasteiger partial charge in [-0.25, -0.2) is 9.59 Å². The molecular formula is C39H49ClF3N7O7. The first kappa shape index (κ1) is 41.9. The van der Waals surface area contributed by atoms with E-state index < -0.39 is 47.5 Å². The van der Waals surface area contributed by atoms with Crippen molar-refractivity contribution >= 4 is 52.9 Å². The number of para-hydroxylation sites is 1. The van der Waals surface area contributed by atoms with Gasteiger partial charge in [-0.05, 0) is 80.8 Å². The maximum atomic E-state index is 14.2. The molecule has 4 aliphatic heterocycles. The van der Waals surface area contributed by atoms with Gasteiger partial charge in [0.15, 0.2) is 12.7 Å². The Balaban J connectivity index is 1.11. The van der Waals surface area contributed by atoms with Crippen LogP contribution in [-0.2, 0) is 42.9 Å². The Labute approximate surface area is 334 Å². The second-order valence-corrected chi connectivity index (χ2v) is 15.6. The zero-order valence-electron chi connectivity index (χ0n) is 32.1. The third-order valence-electron chi connectivity index (χ3n) is 11.4. The number of likely N-dealkylation sites (tertiary alicyclic amines) is 3. The number of rotatable bonds is 9. The summed E-state index contributed by atoms with van der Waals surface area (Å²) in [6.07, 6.45) is -3.56. The molecule has 0 saturated carbocycles. The Bertz CT molecular complexity index is 1830. The lowest BCUT2D eigenvalue weighted by Crippen LogP contribution is -2.53. The van der Waals surface area contributed by atoms with E-state index in [1.54, 1.807) is 19.0 Å². The second-order valence-electron chi connectivity index (χ2n) is 15.2. The highest BCUT2D eigenvalue weighted by molar-refractivity contribution is 6.33. The maximum absolute atomic E-state index is 14.2. The number of halogens is 4. The summed E-state index contributed by atoms with van der Waals surface area (Å²) < 4.78 is 52.9. The lowest BCUT2D eigenvalue weighted by atomic mass is 9.99. The minimum Gasteiger partial charge on any atom is -0.454 e. The molecule has 5 amide bonds. The Hall–Kier alpha value is -4.77. The molecule has 0 aliphatic carbocycles. The average molecular weight is 820 g/mol. The number of benzene rings is 2. The summed E-state index contributed by atoms with van der Waals surface area (Å²) in [6.45, 7) is 1.77. The first-order valence-electron chi connectivity index (χ1n) is 19.3. The summed E-state index contributed by atoms with van der Waals surface area (Å²) in [4.78, 5) is 74.0. The maximum Gasteiger partial charge on any atom is 0.418 e. The van der Waals surface area contributed by atoms with Crippen LogP contribution in [0.15, 0.2) is 36.4 Å². The normalized spacial score (nSPS) is 20.4. The number of esters is 1. The number of nitrogens with zero attached hydrogens (tertiary/aromatic N) is 5. The molecule has 2 aromatic rings. The van der Waals surface area contributed by atoms with E-state index in [-0.39, 0.29) is 73.8 Å². The van der Waals surface area contributed by atoms with Gasteiger partial charge in [0.05, 0.1) is 16.3 Å². The van der Waals surface area contributed by atoms with Crippen molar-refractivity contribution in [3.63, 3.8) is 0 Å². The Morgan fingerprint density at radius 2 is 1.61 bits per heavy atom. The van der Waals surface area contributed by atoms with Gasteiger partial charge in [-0.3, -0.25) is 19.3 Å². The van der Waals surface area contributed by atoms with Gasteiger partial charge in [0, 0.05) is 71.0 Å². The van der Waals surface area contributed by atoms with Gasteiger partial charge in [-0.15, -0.1) is 0 Å². The molecule has 3 N–H and O–H groups in total. The first-order chi connectivity index (χ1) is 27.1. The highest BCUT2D eigenvalue weighted by Gasteiger charge is 2.41. The van der Waals surface area contributed by atoms with E-state index in [9.17, 15) is 37.1 Å². The third kappa shape index (κ3) is 9.86. The zero-order valence-corrected chi connectivity index (χ0v) is 32.8. The molecule has 4 aliphatic rings. The van der Waals surface area contributed by atoms with Crippen molar-refractivity contribution in [1.29, 1.82) is 0 Å². The molecule has 0 bridgehead atoms. The molecule has 0 unspecified atom stereocenters. The summed E-state index contributed by atoms with van der Waals surface area (Å²) >= 11 is 6.12. The van der Waals surface area contributed by atoms with Crippen LogP contribution in [0.5, 0.6) is 0 Å². The van der Waals surface area contributed by atoms with Gasteiger partial charge >= 0.3 is 24.3 Å². The zero-order chi connectivity index (χ0) is 41.0. The predicted octanol–water partition coefficient (Wildman–Crippen LogP) is 4.63. The molecule has 14 nitrogen and oxygen atoms in total. The highest BCUT2D eigenvalue weighted by Crippen LogP contribution is 2.38. The van der Waals surface area contributed by atoms with Crippen molar-refractivity contribution in [3.8, 4) is 0 Å². The van der Waals surface area contributed by atoms with Gasteiger partial charge in [0.1, 0.15) is 6.04 Å². The largest absolute Gasteiger partial charge is 0.454 e. The quantitative estimate of drug-likeness (QED) is 0.272. The van der Waals surface area contributed by atoms with Crippen molar-refractivity contribution in [2.75, 3.05) is 71.0 Å². The second kappa shape index (κ2) is 17.8. The summed E-state index contributed by atoms with van der Waals surface area (Å²) in [6, 6.07) is 8.73. The molecule has 310 valence electrons. The summed E-state index contributed by atoms with van der Waals surface area (Å²) in [5.74, 6) is -1.37. The summed E-state index contributed by atoms with van der Waals surface area (Å²) in [5, 5.41) is 2.63. The molecule has 2 aromatic carbocycles. The van der Waals surface area contributed by atoms with Crippen LogP contribution < -0.4 is 11.1 Å². The SMILES string of the molecule is CN(C)C(=O)COC(=O)[C@H]1CCCN1C1CCN(C(=O)[C@@H](Cc2cc(Cl)c(N)c(C(F)(F)F)c2)OC(=O)N2CCC(N3CCc4ccccc4NC3=O)CC2)CC1. The Morgan fingerprint density at radius 1 is 0.947 bits per heavy atom. The van der Waals surface area contributed by atoms with E-state index in [0.717, 1.165) is 23.7 Å². The fourth-order valence-corrected chi connectivity index (χ4v) is 8.42. The van der Waals surface area contributed by atoms with Gasteiger partial charge < -0.3 is 40.1 Å². The van der Waals surface area contributed by atoms with E-state index in [2.05, 4.69) is 10.2 Å². The molecule has 0 radical (unpaired) electrons. The van der Waals surface area contributed by atoms with Crippen molar-refractivity contribution in [2.45, 2.75) is 81.8 Å². The van der Waals surface area contributed by atoms with Crippen LogP contribution in [0, 0.1) is 0 Å². The molecule has 57 heavy (non-hydrogen) atoms. The molecule has 0 spiro atoms. The number of carbonyl (C=O) groups is 5. The van der Waals surface area contributed by atoms with Gasteiger partial charge in [0.25, 0.3) is 11.8 Å². The number of fused-ring (bicyclic) bond motifs is 1. The fraction of sp³-hybridized carbons (Fsp3) is 0.564. The van der Waals surface area contributed by atoms with Crippen LogP contribution in [0.2, 0.25) is 5.02 Å². The van der Waals surface area contributed by atoms with E-state index in [4.69, 9.17) is 26.8 Å². The number of nitrogens with two attached hydrogens (primary N) is 1.